The van der Waals surface area contributed by atoms with E-state index in [0.717, 1.165) is 12.5 Å². The minimum atomic E-state index is -2.53. The molecule has 0 saturated carbocycles. The summed E-state index contributed by atoms with van der Waals surface area (Å²) in [7, 11) is -4.53. The topological polar surface area (TPSA) is 61.8 Å². The molecular formula is C15H28O5Si2. The van der Waals surface area contributed by atoms with Crippen LogP contribution in [0.1, 0.15) is 20.3 Å². The van der Waals surface area contributed by atoms with E-state index < -0.39 is 22.8 Å². The van der Waals surface area contributed by atoms with Crippen LogP contribution in [-0.4, -0.2) is 35.4 Å². The van der Waals surface area contributed by atoms with Gasteiger partial charge in [-0.2, -0.15) is 0 Å². The van der Waals surface area contributed by atoms with Gasteiger partial charge in [0.15, 0.2) is 8.32 Å². The van der Waals surface area contributed by atoms with E-state index in [0.29, 0.717) is 17.8 Å². The highest BCUT2D eigenvalue weighted by Gasteiger charge is 2.37. The van der Waals surface area contributed by atoms with Gasteiger partial charge in [0.25, 0.3) is 0 Å². The predicted molar refractivity (Wildman–Crippen MR) is 92.2 cm³/mol. The number of hydrogen-bond donors (Lipinski definition) is 0. The van der Waals surface area contributed by atoms with Crippen molar-refractivity contribution in [3.63, 3.8) is 0 Å². The average Bonchev–Trinajstić information content (AvgIpc) is 2.31. The Morgan fingerprint density at radius 2 is 1.45 bits per heavy atom. The van der Waals surface area contributed by atoms with Gasteiger partial charge in [0.05, 0.1) is 6.61 Å². The summed E-state index contributed by atoms with van der Waals surface area (Å²) in [6, 6.07) is 0.817. The maximum absolute atomic E-state index is 11.6. The van der Waals surface area contributed by atoms with E-state index in [2.05, 4.69) is 26.3 Å². The van der Waals surface area contributed by atoms with E-state index in [9.17, 15) is 9.59 Å². The average molecular weight is 345 g/mol. The van der Waals surface area contributed by atoms with Crippen LogP contribution in [0.2, 0.25) is 32.2 Å². The van der Waals surface area contributed by atoms with Crippen molar-refractivity contribution in [1.82, 2.24) is 0 Å². The fourth-order valence-electron chi connectivity index (χ4n) is 1.83. The highest BCUT2D eigenvalue weighted by molar-refractivity contribution is 6.82. The van der Waals surface area contributed by atoms with Crippen LogP contribution in [-0.2, 0) is 22.9 Å². The maximum atomic E-state index is 11.6. The van der Waals surface area contributed by atoms with Crippen LogP contribution in [0.15, 0.2) is 24.3 Å². The van der Waals surface area contributed by atoms with Crippen LogP contribution >= 0.6 is 0 Å². The van der Waals surface area contributed by atoms with Crippen molar-refractivity contribution in [2.24, 2.45) is 0 Å². The van der Waals surface area contributed by atoms with Crippen molar-refractivity contribution < 1.29 is 22.9 Å². The molecule has 0 heterocycles. The van der Waals surface area contributed by atoms with Crippen molar-refractivity contribution >= 4 is 28.8 Å². The Bertz CT molecular complexity index is 455. The first-order chi connectivity index (χ1) is 9.86. The molecule has 0 fully saturated rings. The van der Waals surface area contributed by atoms with Crippen LogP contribution in [0.3, 0.4) is 0 Å². The van der Waals surface area contributed by atoms with Crippen LogP contribution in [0, 0.1) is 0 Å². The Morgan fingerprint density at radius 3 is 1.91 bits per heavy atom. The number of ether oxygens (including phenoxy) is 1. The SMILES string of the molecule is C=C(C)C(=O)OCCC[Si](C)(C)O[Si](C)(C)OC(=O)C(=C)C. The number of carbonyl (C=O) groups is 2. The fourth-order valence-corrected chi connectivity index (χ4v) is 9.35. The van der Waals surface area contributed by atoms with Crippen LogP contribution < -0.4 is 0 Å². The smallest absolute Gasteiger partial charge is 0.385 e. The molecule has 0 aromatic rings. The summed E-state index contributed by atoms with van der Waals surface area (Å²) in [5, 5.41) is 0. The summed E-state index contributed by atoms with van der Waals surface area (Å²) in [5.74, 6) is -0.776. The highest BCUT2D eigenvalue weighted by Crippen LogP contribution is 2.21. The van der Waals surface area contributed by atoms with Crippen LogP contribution in [0.25, 0.3) is 0 Å². The first kappa shape index (κ1) is 20.8. The van der Waals surface area contributed by atoms with Crippen LogP contribution in [0.5, 0.6) is 0 Å². The third-order valence-corrected chi connectivity index (χ3v) is 9.13. The van der Waals surface area contributed by atoms with Gasteiger partial charge < -0.3 is 13.3 Å². The number of hydrogen-bond acceptors (Lipinski definition) is 5. The largest absolute Gasteiger partial charge is 0.492 e. The molecule has 0 aromatic heterocycles. The molecule has 0 aliphatic carbocycles. The molecular weight excluding hydrogens is 316 g/mol. The van der Waals surface area contributed by atoms with E-state index in [4.69, 9.17) is 13.3 Å². The van der Waals surface area contributed by atoms with Crippen molar-refractivity contribution in [1.29, 1.82) is 0 Å². The number of esters is 1. The highest BCUT2D eigenvalue weighted by atomic mass is 28.4. The molecule has 0 aliphatic rings. The molecule has 0 radical (unpaired) electrons. The second-order valence-electron chi connectivity index (χ2n) is 6.45. The lowest BCUT2D eigenvalue weighted by molar-refractivity contribution is -0.139. The lowest BCUT2D eigenvalue weighted by Crippen LogP contribution is -2.47. The molecule has 7 heteroatoms. The molecule has 0 N–H and O–H groups in total. The molecule has 0 saturated heterocycles. The van der Waals surface area contributed by atoms with Gasteiger partial charge in [-0.1, -0.05) is 13.2 Å². The van der Waals surface area contributed by atoms with Gasteiger partial charge in [0.2, 0.25) is 0 Å². The van der Waals surface area contributed by atoms with Gasteiger partial charge in [0.1, 0.15) is 0 Å². The summed E-state index contributed by atoms with van der Waals surface area (Å²) >= 11 is 0. The Kier molecular flexibility index (Phi) is 7.99. The van der Waals surface area contributed by atoms with Gasteiger partial charge in [-0.05, 0) is 52.5 Å². The number of carbonyl (C=O) groups excluding carboxylic acids is 2. The molecule has 0 bridgehead atoms. The van der Waals surface area contributed by atoms with E-state index in [1.54, 1.807) is 13.8 Å². The number of rotatable bonds is 9. The lowest BCUT2D eigenvalue weighted by Gasteiger charge is -2.32. The van der Waals surface area contributed by atoms with E-state index in [1.165, 1.54) is 0 Å². The van der Waals surface area contributed by atoms with Crippen molar-refractivity contribution in [2.75, 3.05) is 6.61 Å². The Labute approximate surface area is 135 Å². The third kappa shape index (κ3) is 8.96. The Morgan fingerprint density at radius 1 is 0.955 bits per heavy atom. The second-order valence-corrected chi connectivity index (χ2v) is 14.3. The zero-order valence-electron chi connectivity index (χ0n) is 14.6. The van der Waals surface area contributed by atoms with Gasteiger partial charge in [0, 0.05) is 11.1 Å². The van der Waals surface area contributed by atoms with E-state index in [1.807, 2.05) is 13.1 Å². The van der Waals surface area contributed by atoms with Gasteiger partial charge >= 0.3 is 20.5 Å². The maximum Gasteiger partial charge on any atom is 0.385 e. The van der Waals surface area contributed by atoms with E-state index in [-0.39, 0.29) is 5.97 Å². The Balaban J connectivity index is 4.32. The standard InChI is InChI=1S/C15H28O5Si2/c1-12(2)14(16)18-10-9-11-21(5,6)20-22(7,8)19-15(17)13(3)4/h1,3,9-11H2,2,4-8H3. The zero-order chi connectivity index (χ0) is 17.6. The molecule has 0 amide bonds. The quantitative estimate of drug-likeness (QED) is 0.277. The molecule has 0 rings (SSSR count). The van der Waals surface area contributed by atoms with Gasteiger partial charge in [-0.3, -0.25) is 0 Å². The summed E-state index contributed by atoms with van der Waals surface area (Å²) in [6.07, 6.45) is 0.719. The van der Waals surface area contributed by atoms with Gasteiger partial charge in [-0.25, -0.2) is 9.59 Å². The molecule has 0 spiro atoms. The normalized spacial score (nSPS) is 11.7. The molecule has 0 aliphatic heterocycles. The zero-order valence-corrected chi connectivity index (χ0v) is 16.6. The van der Waals surface area contributed by atoms with Crippen molar-refractivity contribution in [3.8, 4) is 0 Å². The summed E-state index contributed by atoms with van der Waals surface area (Å²) in [6.45, 7) is 18.5. The van der Waals surface area contributed by atoms with Crippen LogP contribution in [0.4, 0.5) is 0 Å². The fraction of sp³-hybridized carbons (Fsp3) is 0.600. The minimum Gasteiger partial charge on any atom is -0.492 e. The summed E-state index contributed by atoms with van der Waals surface area (Å²) < 4.78 is 16.6. The summed E-state index contributed by atoms with van der Waals surface area (Å²) in [5.41, 5.74) is 0.767. The molecule has 0 unspecified atom stereocenters. The molecule has 0 atom stereocenters. The first-order valence-electron chi connectivity index (χ1n) is 7.28. The minimum absolute atomic E-state index is 0.346. The van der Waals surface area contributed by atoms with E-state index >= 15 is 0 Å². The third-order valence-electron chi connectivity index (χ3n) is 2.71. The predicted octanol–water partition coefficient (Wildman–Crippen LogP) is 3.54. The van der Waals surface area contributed by atoms with Crippen molar-refractivity contribution in [3.05, 3.63) is 24.3 Å². The van der Waals surface area contributed by atoms with Gasteiger partial charge in [-0.15, -0.1) is 0 Å². The molecule has 0 aromatic carbocycles. The first-order valence-corrected chi connectivity index (χ1v) is 13.2. The molecule has 126 valence electrons. The molecule has 22 heavy (non-hydrogen) atoms. The second kappa shape index (κ2) is 8.45. The summed E-state index contributed by atoms with van der Waals surface area (Å²) in [4.78, 5) is 22.9. The lowest BCUT2D eigenvalue weighted by atomic mass is 10.4. The molecule has 5 nitrogen and oxygen atoms in total. The monoisotopic (exact) mass is 344 g/mol. The van der Waals surface area contributed by atoms with Crippen molar-refractivity contribution in [2.45, 2.75) is 52.5 Å². The Hall–Kier alpha value is -1.19.